The van der Waals surface area contributed by atoms with Crippen molar-refractivity contribution in [3.8, 4) is 34.9 Å². The minimum atomic E-state index is -4.78. The van der Waals surface area contributed by atoms with Gasteiger partial charge in [-0.15, -0.1) is 6.42 Å². The third-order valence-electron chi connectivity index (χ3n) is 5.16. The highest BCUT2D eigenvalue weighted by atomic mass is 19.4. The molecule has 0 bridgehead atoms. The van der Waals surface area contributed by atoms with E-state index in [2.05, 4.69) is 21.0 Å². The number of methoxy groups -OCH3 is 2. The summed E-state index contributed by atoms with van der Waals surface area (Å²) in [6.07, 6.45) is 1.86. The second-order valence-corrected chi connectivity index (χ2v) is 7.36. The summed E-state index contributed by atoms with van der Waals surface area (Å²) in [6.45, 7) is 1.40. The number of fused-ring (bicyclic) bond motifs is 1. The normalized spacial score (nSPS) is 12.2. The molecular weight excluding hydrogens is 465 g/mol. The number of rotatable bonds is 6. The zero-order valence-corrected chi connectivity index (χ0v) is 18.9. The Morgan fingerprint density at radius 2 is 1.94 bits per heavy atom. The molecule has 0 aliphatic rings. The van der Waals surface area contributed by atoms with Gasteiger partial charge in [0.25, 0.3) is 5.56 Å². The number of benzene rings is 1. The van der Waals surface area contributed by atoms with Crippen molar-refractivity contribution in [3.63, 3.8) is 0 Å². The molecule has 0 aliphatic carbocycles. The number of hydrogen-bond donors (Lipinski definition) is 1. The van der Waals surface area contributed by atoms with Crippen LogP contribution in [0.3, 0.4) is 0 Å². The van der Waals surface area contributed by atoms with E-state index in [1.54, 1.807) is 25.1 Å². The highest BCUT2D eigenvalue weighted by Gasteiger charge is 2.39. The molecule has 3 aromatic heterocycles. The molecule has 4 rings (SSSR count). The lowest BCUT2D eigenvalue weighted by molar-refractivity contribution is -0.140. The van der Waals surface area contributed by atoms with Crippen LogP contribution in [0.15, 0.2) is 45.6 Å². The van der Waals surface area contributed by atoms with Crippen LogP contribution in [-0.4, -0.2) is 33.8 Å². The van der Waals surface area contributed by atoms with E-state index in [0.29, 0.717) is 0 Å². The first-order valence-corrected chi connectivity index (χ1v) is 10.2. The van der Waals surface area contributed by atoms with Crippen molar-refractivity contribution >= 4 is 11.4 Å². The lowest BCUT2D eigenvalue weighted by atomic mass is 10.1. The van der Waals surface area contributed by atoms with Crippen LogP contribution in [0.1, 0.15) is 22.8 Å². The Hall–Kier alpha value is -4.30. The third-order valence-corrected chi connectivity index (χ3v) is 5.16. The smallest absolute Gasteiger partial charge is 0.433 e. The van der Waals surface area contributed by atoms with E-state index >= 15 is 0 Å². The number of hydrogen-bond acceptors (Lipinski definition) is 6. The molecule has 8 nitrogen and oxygen atoms in total. The SMILES string of the molecule is C#C/C=C(/OC)c1nc(-c2c(COC)nc3c(-c4ccccc4)c(C(F)(F)F)[nH]n3c2=O)oc1C. The van der Waals surface area contributed by atoms with E-state index in [1.165, 1.54) is 32.4 Å². The molecule has 4 aromatic rings. The molecule has 35 heavy (non-hydrogen) atoms. The number of nitrogens with zero attached hydrogens (tertiary/aromatic N) is 3. The molecule has 3 heterocycles. The summed E-state index contributed by atoms with van der Waals surface area (Å²) in [7, 11) is 2.76. The number of alkyl halides is 3. The van der Waals surface area contributed by atoms with Gasteiger partial charge in [0, 0.05) is 13.2 Å². The van der Waals surface area contributed by atoms with Gasteiger partial charge in [0.2, 0.25) is 5.89 Å². The van der Waals surface area contributed by atoms with Crippen molar-refractivity contribution in [2.45, 2.75) is 19.7 Å². The monoisotopic (exact) mass is 484 g/mol. The fraction of sp³-hybridized carbons (Fsp3) is 0.208. The maximum atomic E-state index is 14.0. The fourth-order valence-electron chi connectivity index (χ4n) is 3.69. The van der Waals surface area contributed by atoms with Gasteiger partial charge in [-0.1, -0.05) is 36.3 Å². The molecule has 0 fully saturated rings. The Kier molecular flexibility index (Phi) is 6.24. The minimum absolute atomic E-state index is 0.0510. The van der Waals surface area contributed by atoms with Crippen LogP contribution >= 0.6 is 0 Å². The van der Waals surface area contributed by atoms with Crippen LogP contribution < -0.4 is 5.56 Å². The third kappa shape index (κ3) is 4.20. The van der Waals surface area contributed by atoms with Crippen molar-refractivity contribution in [1.82, 2.24) is 19.6 Å². The standard InChI is InChI=1S/C24H19F3N4O4/c1-5-9-16(34-4)19-13(2)35-22(29-19)18-15(12-33-3)28-21-17(14-10-7-6-8-11-14)20(24(25,26)27)30-31(21)23(18)32/h1,6-11,30H,12H2,2-4H3/b16-9+. The lowest BCUT2D eigenvalue weighted by Gasteiger charge is -2.08. The minimum Gasteiger partial charge on any atom is -0.494 e. The Morgan fingerprint density at radius 3 is 2.54 bits per heavy atom. The average molecular weight is 484 g/mol. The number of aromatic amines is 1. The van der Waals surface area contributed by atoms with Crippen molar-refractivity contribution in [3.05, 3.63) is 69.6 Å². The first-order valence-electron chi connectivity index (χ1n) is 10.2. The summed E-state index contributed by atoms with van der Waals surface area (Å²) in [5, 5.41) is 2.17. The fourth-order valence-corrected chi connectivity index (χ4v) is 3.69. The second kappa shape index (κ2) is 9.15. The molecule has 0 atom stereocenters. The Balaban J connectivity index is 2.06. The first kappa shape index (κ1) is 23.8. The number of terminal acetylenes is 1. The van der Waals surface area contributed by atoms with E-state index in [0.717, 1.165) is 4.52 Å². The van der Waals surface area contributed by atoms with Crippen LogP contribution in [-0.2, 0) is 22.3 Å². The van der Waals surface area contributed by atoms with Crippen LogP contribution in [0, 0.1) is 19.3 Å². The molecular formula is C24H19F3N4O4. The van der Waals surface area contributed by atoms with Gasteiger partial charge >= 0.3 is 6.18 Å². The summed E-state index contributed by atoms with van der Waals surface area (Å²) in [6, 6.07) is 7.86. The number of halogens is 3. The van der Waals surface area contributed by atoms with Gasteiger partial charge in [-0.3, -0.25) is 9.89 Å². The summed E-state index contributed by atoms with van der Waals surface area (Å²) in [5.74, 6) is 2.65. The van der Waals surface area contributed by atoms with Crippen molar-refractivity contribution < 1.29 is 27.1 Å². The molecule has 1 aromatic carbocycles. The molecule has 0 saturated carbocycles. The number of allylic oxidation sites excluding steroid dienone is 1. The van der Waals surface area contributed by atoms with Crippen LogP contribution in [0.4, 0.5) is 13.2 Å². The number of oxazole rings is 1. The molecule has 11 heteroatoms. The van der Waals surface area contributed by atoms with Crippen LogP contribution in [0.5, 0.6) is 0 Å². The van der Waals surface area contributed by atoms with Crippen molar-refractivity contribution in [2.24, 2.45) is 0 Å². The van der Waals surface area contributed by atoms with Gasteiger partial charge in [-0.05, 0) is 12.5 Å². The van der Waals surface area contributed by atoms with Crippen LogP contribution in [0.2, 0.25) is 0 Å². The summed E-state index contributed by atoms with van der Waals surface area (Å²) < 4.78 is 58.7. The molecule has 0 amide bonds. The Labute approximate surface area is 197 Å². The Bertz CT molecular complexity index is 1520. The molecule has 0 aliphatic heterocycles. The van der Waals surface area contributed by atoms with Crippen molar-refractivity contribution in [2.75, 3.05) is 14.2 Å². The molecule has 180 valence electrons. The quantitative estimate of drug-likeness (QED) is 0.321. The number of aromatic nitrogens is 4. The first-order chi connectivity index (χ1) is 16.7. The maximum absolute atomic E-state index is 14.0. The summed E-state index contributed by atoms with van der Waals surface area (Å²) in [4.78, 5) is 22.2. The highest BCUT2D eigenvalue weighted by Crippen LogP contribution is 2.38. The van der Waals surface area contributed by atoms with E-state index < -0.39 is 17.4 Å². The topological polar surface area (TPSA) is 94.6 Å². The number of nitrogens with one attached hydrogen (secondary N) is 1. The number of H-pyrrole nitrogens is 1. The van der Waals surface area contributed by atoms with Crippen LogP contribution in [0.25, 0.3) is 34.0 Å². The molecule has 0 spiro atoms. The van der Waals surface area contributed by atoms with Gasteiger partial charge < -0.3 is 13.9 Å². The predicted octanol–water partition coefficient (Wildman–Crippen LogP) is 4.44. The molecule has 1 N–H and O–H groups in total. The molecule has 0 saturated heterocycles. The van der Waals surface area contributed by atoms with Gasteiger partial charge in [-0.25, -0.2) is 9.97 Å². The average Bonchev–Trinajstić information content (AvgIpc) is 3.39. The highest BCUT2D eigenvalue weighted by molar-refractivity contribution is 5.81. The maximum Gasteiger partial charge on any atom is 0.433 e. The van der Waals surface area contributed by atoms with E-state index in [4.69, 9.17) is 20.3 Å². The van der Waals surface area contributed by atoms with Crippen molar-refractivity contribution in [1.29, 1.82) is 0 Å². The van der Waals surface area contributed by atoms with E-state index in [1.807, 2.05) is 0 Å². The molecule has 0 unspecified atom stereocenters. The largest absolute Gasteiger partial charge is 0.494 e. The van der Waals surface area contributed by atoms with Gasteiger partial charge in [0.1, 0.15) is 22.7 Å². The van der Waals surface area contributed by atoms with Gasteiger partial charge in [0.15, 0.2) is 11.4 Å². The van der Waals surface area contributed by atoms with Gasteiger partial charge in [-0.2, -0.15) is 17.7 Å². The van der Waals surface area contributed by atoms with E-state index in [9.17, 15) is 18.0 Å². The van der Waals surface area contributed by atoms with E-state index in [-0.39, 0.29) is 57.7 Å². The predicted molar refractivity (Wildman–Crippen MR) is 121 cm³/mol. The number of aryl methyl sites for hydroxylation is 1. The second-order valence-electron chi connectivity index (χ2n) is 7.36. The Morgan fingerprint density at radius 1 is 1.23 bits per heavy atom. The van der Waals surface area contributed by atoms with Gasteiger partial charge in [0.05, 0.1) is 25.0 Å². The summed E-state index contributed by atoms with van der Waals surface area (Å²) in [5.41, 5.74) is -2.07. The zero-order chi connectivity index (χ0) is 25.3. The lowest BCUT2D eigenvalue weighted by Crippen LogP contribution is -2.21. The molecule has 0 radical (unpaired) electrons. The summed E-state index contributed by atoms with van der Waals surface area (Å²) >= 11 is 0. The zero-order valence-electron chi connectivity index (χ0n) is 18.9. The number of ether oxygens (including phenoxy) is 2.